The van der Waals surface area contributed by atoms with E-state index < -0.39 is 10.0 Å². The molecule has 0 radical (unpaired) electrons. The van der Waals surface area contributed by atoms with Crippen LogP contribution in [-0.4, -0.2) is 38.8 Å². The number of anilines is 1. The fourth-order valence-corrected chi connectivity index (χ4v) is 4.79. The van der Waals surface area contributed by atoms with Gasteiger partial charge < -0.3 is 4.90 Å². The van der Waals surface area contributed by atoms with Crippen molar-refractivity contribution >= 4 is 21.6 Å². The van der Waals surface area contributed by atoms with Crippen molar-refractivity contribution in [1.29, 1.82) is 0 Å². The van der Waals surface area contributed by atoms with Crippen molar-refractivity contribution in [3.05, 3.63) is 23.8 Å². The molecule has 0 aromatic heterocycles. The van der Waals surface area contributed by atoms with E-state index in [1.807, 2.05) is 0 Å². The van der Waals surface area contributed by atoms with Crippen molar-refractivity contribution in [3.8, 4) is 0 Å². The minimum absolute atomic E-state index is 0.0793. The average Bonchev–Trinajstić information content (AvgIpc) is 2.80. The Labute approximate surface area is 132 Å². The van der Waals surface area contributed by atoms with E-state index in [9.17, 15) is 13.2 Å². The summed E-state index contributed by atoms with van der Waals surface area (Å²) in [5.74, 6) is 0.0793. The highest BCUT2D eigenvalue weighted by Crippen LogP contribution is 2.30. The van der Waals surface area contributed by atoms with Gasteiger partial charge in [0, 0.05) is 32.2 Å². The van der Waals surface area contributed by atoms with E-state index in [1.165, 1.54) is 0 Å². The molecule has 22 heavy (non-hydrogen) atoms. The lowest BCUT2D eigenvalue weighted by molar-refractivity contribution is -0.118. The molecule has 1 fully saturated rings. The van der Waals surface area contributed by atoms with Gasteiger partial charge in [-0.3, -0.25) is 4.79 Å². The van der Waals surface area contributed by atoms with Crippen LogP contribution in [0.1, 0.15) is 37.7 Å². The molecule has 0 atom stereocenters. The van der Waals surface area contributed by atoms with Crippen molar-refractivity contribution in [1.82, 2.24) is 4.31 Å². The number of fused-ring (bicyclic) bond motifs is 1. The lowest BCUT2D eigenvalue weighted by atomic mass is 10.0. The van der Waals surface area contributed by atoms with Gasteiger partial charge in [-0.05, 0) is 43.0 Å². The molecule has 2 heterocycles. The summed E-state index contributed by atoms with van der Waals surface area (Å²) in [4.78, 5) is 13.7. The third-order valence-corrected chi connectivity index (χ3v) is 6.49. The maximum atomic E-state index is 12.8. The second-order valence-electron chi connectivity index (χ2n) is 6.06. The Kier molecular flexibility index (Phi) is 4.23. The molecule has 1 aromatic rings. The highest BCUT2D eigenvalue weighted by Gasteiger charge is 2.28. The van der Waals surface area contributed by atoms with E-state index in [2.05, 4.69) is 0 Å². The molecule has 2 aliphatic rings. The number of benzene rings is 1. The van der Waals surface area contributed by atoms with Crippen molar-refractivity contribution in [2.45, 2.75) is 43.4 Å². The van der Waals surface area contributed by atoms with Crippen molar-refractivity contribution in [3.63, 3.8) is 0 Å². The molecule has 1 saturated heterocycles. The van der Waals surface area contributed by atoms with Crippen LogP contribution < -0.4 is 4.90 Å². The highest BCUT2D eigenvalue weighted by atomic mass is 32.2. The smallest absolute Gasteiger partial charge is 0.243 e. The van der Waals surface area contributed by atoms with Crippen LogP contribution in [-0.2, 0) is 21.2 Å². The quantitative estimate of drug-likeness (QED) is 0.838. The molecule has 0 bridgehead atoms. The second kappa shape index (κ2) is 6.01. The third-order valence-electron chi connectivity index (χ3n) is 4.60. The van der Waals surface area contributed by atoms with E-state index in [-0.39, 0.29) is 5.91 Å². The van der Waals surface area contributed by atoms with E-state index in [0.29, 0.717) is 30.8 Å². The Morgan fingerprint density at radius 1 is 1.00 bits per heavy atom. The third kappa shape index (κ3) is 2.77. The minimum atomic E-state index is -3.42. The van der Waals surface area contributed by atoms with Gasteiger partial charge in [0.2, 0.25) is 15.9 Å². The van der Waals surface area contributed by atoms with Gasteiger partial charge in [-0.2, -0.15) is 4.31 Å². The van der Waals surface area contributed by atoms with Crippen LogP contribution in [0.25, 0.3) is 0 Å². The highest BCUT2D eigenvalue weighted by molar-refractivity contribution is 7.89. The van der Waals surface area contributed by atoms with Gasteiger partial charge in [0.15, 0.2) is 0 Å². The standard InChI is InChI=1S/C16H22N2O3S/c1-17-15-8-7-14(12-13(15)6-9-16(17)19)22(20,21)18-10-4-2-3-5-11-18/h7-8,12H,2-6,9-11H2,1H3. The summed E-state index contributed by atoms with van der Waals surface area (Å²) in [5.41, 5.74) is 1.77. The van der Waals surface area contributed by atoms with Crippen molar-refractivity contribution in [2.75, 3.05) is 25.0 Å². The van der Waals surface area contributed by atoms with Gasteiger partial charge >= 0.3 is 0 Å². The zero-order chi connectivity index (χ0) is 15.7. The molecule has 120 valence electrons. The van der Waals surface area contributed by atoms with Crippen LogP contribution in [0.15, 0.2) is 23.1 Å². The van der Waals surface area contributed by atoms with Crippen molar-refractivity contribution in [2.24, 2.45) is 0 Å². The number of carbonyl (C=O) groups is 1. The normalized spacial score (nSPS) is 20.6. The zero-order valence-electron chi connectivity index (χ0n) is 12.9. The number of rotatable bonds is 2. The van der Waals surface area contributed by atoms with Crippen LogP contribution in [0.3, 0.4) is 0 Å². The Balaban J connectivity index is 1.93. The van der Waals surface area contributed by atoms with Crippen LogP contribution >= 0.6 is 0 Å². The molecule has 5 nitrogen and oxygen atoms in total. The van der Waals surface area contributed by atoms with Crippen LogP contribution in [0, 0.1) is 0 Å². The Bertz CT molecular complexity index is 677. The molecule has 1 amide bonds. The van der Waals surface area contributed by atoms with Gasteiger partial charge in [0.05, 0.1) is 4.90 Å². The number of hydrogen-bond donors (Lipinski definition) is 0. The Morgan fingerprint density at radius 3 is 2.36 bits per heavy atom. The first-order chi connectivity index (χ1) is 10.5. The van der Waals surface area contributed by atoms with Gasteiger partial charge in [-0.25, -0.2) is 8.42 Å². The number of aryl methyl sites for hydroxylation is 1. The van der Waals surface area contributed by atoms with Gasteiger partial charge in [0.25, 0.3) is 0 Å². The van der Waals surface area contributed by atoms with E-state index in [0.717, 1.165) is 36.9 Å². The van der Waals surface area contributed by atoms with Crippen LogP contribution in [0.2, 0.25) is 0 Å². The minimum Gasteiger partial charge on any atom is -0.315 e. The van der Waals surface area contributed by atoms with E-state index in [1.54, 1.807) is 34.5 Å². The predicted octanol–water partition coefficient (Wildman–Crippen LogP) is 2.16. The molecule has 0 unspecified atom stereocenters. The first-order valence-electron chi connectivity index (χ1n) is 7.90. The van der Waals surface area contributed by atoms with Gasteiger partial charge in [-0.1, -0.05) is 12.8 Å². The molecule has 0 aliphatic carbocycles. The first-order valence-corrected chi connectivity index (χ1v) is 9.34. The van der Waals surface area contributed by atoms with Gasteiger partial charge in [-0.15, -0.1) is 0 Å². The number of amides is 1. The molecule has 0 spiro atoms. The predicted molar refractivity (Wildman–Crippen MR) is 85.4 cm³/mol. The van der Waals surface area contributed by atoms with Gasteiger partial charge in [0.1, 0.15) is 0 Å². The van der Waals surface area contributed by atoms with E-state index in [4.69, 9.17) is 0 Å². The largest absolute Gasteiger partial charge is 0.315 e. The fourth-order valence-electron chi connectivity index (χ4n) is 3.22. The summed E-state index contributed by atoms with van der Waals surface area (Å²) in [5, 5.41) is 0. The monoisotopic (exact) mass is 322 g/mol. The SMILES string of the molecule is CN1C(=O)CCc2cc(S(=O)(=O)N3CCCCCC3)ccc21. The number of carbonyl (C=O) groups excluding carboxylic acids is 1. The lowest BCUT2D eigenvalue weighted by Crippen LogP contribution is -2.33. The summed E-state index contributed by atoms with van der Waals surface area (Å²) in [6.45, 7) is 1.22. The Hall–Kier alpha value is -1.40. The van der Waals surface area contributed by atoms with Crippen LogP contribution in [0.4, 0.5) is 5.69 Å². The average molecular weight is 322 g/mol. The van der Waals surface area contributed by atoms with Crippen LogP contribution in [0.5, 0.6) is 0 Å². The molecule has 6 heteroatoms. The van der Waals surface area contributed by atoms with E-state index >= 15 is 0 Å². The summed E-state index contributed by atoms with van der Waals surface area (Å²) in [6, 6.07) is 5.14. The molecule has 0 saturated carbocycles. The summed E-state index contributed by atoms with van der Waals surface area (Å²) in [6.07, 6.45) is 5.12. The first kappa shape index (κ1) is 15.5. The molecular formula is C16H22N2O3S. The fraction of sp³-hybridized carbons (Fsp3) is 0.562. The van der Waals surface area contributed by atoms with Crippen molar-refractivity contribution < 1.29 is 13.2 Å². The summed E-state index contributed by atoms with van der Waals surface area (Å²) in [7, 11) is -1.68. The molecule has 0 N–H and O–H groups in total. The molecule has 1 aromatic carbocycles. The maximum Gasteiger partial charge on any atom is 0.243 e. The Morgan fingerprint density at radius 2 is 1.68 bits per heavy atom. The lowest BCUT2D eigenvalue weighted by Gasteiger charge is -2.27. The summed E-state index contributed by atoms with van der Waals surface area (Å²) < 4.78 is 27.2. The molecule has 2 aliphatic heterocycles. The molecule has 3 rings (SSSR count). The maximum absolute atomic E-state index is 12.8. The number of hydrogen-bond acceptors (Lipinski definition) is 3. The second-order valence-corrected chi connectivity index (χ2v) is 8.00. The topological polar surface area (TPSA) is 57.7 Å². The zero-order valence-corrected chi connectivity index (χ0v) is 13.7. The molecular weight excluding hydrogens is 300 g/mol. The summed E-state index contributed by atoms with van der Waals surface area (Å²) >= 11 is 0. The number of sulfonamides is 1. The number of nitrogens with zero attached hydrogens (tertiary/aromatic N) is 2.